The molecular weight excluding hydrogens is 237 g/mol. The van der Waals surface area contributed by atoms with Gasteiger partial charge in [-0.1, -0.05) is 0 Å². The summed E-state index contributed by atoms with van der Waals surface area (Å²) in [7, 11) is 3.10. The normalized spacial score (nSPS) is 15.9. The molecule has 0 aromatic heterocycles. The van der Waals surface area contributed by atoms with Crippen LogP contribution in [0.15, 0.2) is 18.2 Å². The lowest BCUT2D eigenvalue weighted by Gasteiger charge is -2.12. The van der Waals surface area contributed by atoms with Gasteiger partial charge in [0.25, 0.3) is 5.91 Å². The van der Waals surface area contributed by atoms with Gasteiger partial charge in [0.05, 0.1) is 14.2 Å². The van der Waals surface area contributed by atoms with E-state index in [-0.39, 0.29) is 6.54 Å². The summed E-state index contributed by atoms with van der Waals surface area (Å²) < 4.78 is 23.7. The summed E-state index contributed by atoms with van der Waals surface area (Å²) in [5.41, 5.74) is -0.851. The average Bonchev–Trinajstić information content (AvgIpc) is 3.15. The lowest BCUT2D eigenvalue weighted by Crippen LogP contribution is -2.32. The van der Waals surface area contributed by atoms with Crippen molar-refractivity contribution >= 4 is 5.91 Å². The molecule has 0 radical (unpaired) electrons. The molecule has 1 aliphatic rings. The molecule has 1 N–H and O–H groups in total. The van der Waals surface area contributed by atoms with E-state index in [0.717, 1.165) is 5.56 Å². The highest BCUT2D eigenvalue weighted by Gasteiger charge is 2.50. The monoisotopic (exact) mass is 253 g/mol. The molecule has 0 heterocycles. The first-order valence-electron chi connectivity index (χ1n) is 5.77. The zero-order valence-corrected chi connectivity index (χ0v) is 10.5. The van der Waals surface area contributed by atoms with Crippen LogP contribution in [0, 0.1) is 0 Å². The van der Waals surface area contributed by atoms with Gasteiger partial charge in [-0.05, 0) is 25.0 Å². The number of methoxy groups -OCH3 is 2. The number of carbonyl (C=O) groups is 1. The topological polar surface area (TPSA) is 47.6 Å². The summed E-state index contributed by atoms with van der Waals surface area (Å²) in [5.74, 6) is 0.741. The number of nitrogens with one attached hydrogen (secondary N) is 1. The third-order valence-corrected chi connectivity index (χ3v) is 3.03. The Labute approximate surface area is 105 Å². The standard InChI is InChI=1S/C13H16FNO3/c1-17-10-4-3-9(11(7-10)18-2)8-15-12(16)13(14)5-6-13/h3-4,7H,5-6,8H2,1-2H3,(H,15,16). The molecule has 4 nitrogen and oxygen atoms in total. The number of amides is 1. The second-order valence-corrected chi connectivity index (χ2v) is 4.33. The summed E-state index contributed by atoms with van der Waals surface area (Å²) >= 11 is 0. The summed E-state index contributed by atoms with van der Waals surface area (Å²) in [5, 5.41) is 2.58. The number of hydrogen-bond acceptors (Lipinski definition) is 3. The van der Waals surface area contributed by atoms with Crippen molar-refractivity contribution in [1.82, 2.24) is 5.32 Å². The Kier molecular flexibility index (Phi) is 3.41. The van der Waals surface area contributed by atoms with Crippen LogP contribution in [0.5, 0.6) is 11.5 Å². The first-order chi connectivity index (χ1) is 8.59. The fourth-order valence-corrected chi connectivity index (χ4v) is 1.67. The van der Waals surface area contributed by atoms with Crippen molar-refractivity contribution in [2.24, 2.45) is 0 Å². The molecule has 1 fully saturated rings. The molecule has 1 aromatic carbocycles. The second kappa shape index (κ2) is 4.84. The van der Waals surface area contributed by atoms with Crippen molar-refractivity contribution in [1.29, 1.82) is 0 Å². The van der Waals surface area contributed by atoms with Gasteiger partial charge in [-0.25, -0.2) is 4.39 Å². The fourth-order valence-electron chi connectivity index (χ4n) is 1.67. The van der Waals surface area contributed by atoms with E-state index in [4.69, 9.17) is 9.47 Å². The predicted octanol–water partition coefficient (Wildman–Crippen LogP) is 1.82. The Bertz CT molecular complexity index is 458. The van der Waals surface area contributed by atoms with Crippen LogP contribution in [0.2, 0.25) is 0 Å². The molecule has 1 saturated carbocycles. The summed E-state index contributed by atoms with van der Waals surface area (Å²) in [6.07, 6.45) is 0.636. The van der Waals surface area contributed by atoms with Crippen molar-refractivity contribution < 1.29 is 18.7 Å². The minimum Gasteiger partial charge on any atom is -0.497 e. The third-order valence-electron chi connectivity index (χ3n) is 3.03. The fraction of sp³-hybridized carbons (Fsp3) is 0.462. The van der Waals surface area contributed by atoms with Gasteiger partial charge in [0.15, 0.2) is 5.67 Å². The van der Waals surface area contributed by atoms with Crippen LogP contribution in [0.25, 0.3) is 0 Å². The van der Waals surface area contributed by atoms with Gasteiger partial charge in [-0.2, -0.15) is 0 Å². The lowest BCUT2D eigenvalue weighted by atomic mass is 10.2. The minimum absolute atomic E-state index is 0.248. The van der Waals surface area contributed by atoms with E-state index in [1.807, 2.05) is 0 Å². The molecule has 5 heteroatoms. The maximum Gasteiger partial charge on any atom is 0.257 e. The molecule has 1 amide bonds. The minimum atomic E-state index is -1.64. The zero-order chi connectivity index (χ0) is 13.2. The average molecular weight is 253 g/mol. The molecule has 0 bridgehead atoms. The molecule has 0 aliphatic heterocycles. The van der Waals surface area contributed by atoms with Gasteiger partial charge >= 0.3 is 0 Å². The van der Waals surface area contributed by atoms with Crippen molar-refractivity contribution in [3.8, 4) is 11.5 Å². The molecule has 1 aromatic rings. The van der Waals surface area contributed by atoms with Gasteiger partial charge in [-0.15, -0.1) is 0 Å². The van der Waals surface area contributed by atoms with Crippen LogP contribution >= 0.6 is 0 Å². The Balaban J connectivity index is 2.02. The third kappa shape index (κ3) is 2.55. The Morgan fingerprint density at radius 3 is 2.67 bits per heavy atom. The van der Waals surface area contributed by atoms with E-state index < -0.39 is 11.6 Å². The largest absolute Gasteiger partial charge is 0.497 e. The van der Waals surface area contributed by atoms with E-state index in [9.17, 15) is 9.18 Å². The quantitative estimate of drug-likeness (QED) is 0.870. The van der Waals surface area contributed by atoms with Crippen molar-refractivity contribution in [3.63, 3.8) is 0 Å². The van der Waals surface area contributed by atoms with Crippen LogP contribution < -0.4 is 14.8 Å². The van der Waals surface area contributed by atoms with E-state index in [0.29, 0.717) is 24.3 Å². The molecule has 0 saturated heterocycles. The highest BCUT2D eigenvalue weighted by molar-refractivity contribution is 5.87. The molecule has 2 rings (SSSR count). The van der Waals surface area contributed by atoms with Crippen LogP contribution in [0.3, 0.4) is 0 Å². The van der Waals surface area contributed by atoms with Crippen LogP contribution in [-0.4, -0.2) is 25.8 Å². The van der Waals surface area contributed by atoms with Crippen molar-refractivity contribution in [3.05, 3.63) is 23.8 Å². The lowest BCUT2D eigenvalue weighted by molar-refractivity contribution is -0.127. The zero-order valence-electron chi connectivity index (χ0n) is 10.5. The highest BCUT2D eigenvalue weighted by atomic mass is 19.1. The summed E-state index contributed by atoms with van der Waals surface area (Å²) in [6, 6.07) is 5.28. The van der Waals surface area contributed by atoms with Gasteiger partial charge in [-0.3, -0.25) is 4.79 Å². The van der Waals surface area contributed by atoms with E-state index in [1.54, 1.807) is 25.3 Å². The molecular formula is C13H16FNO3. The predicted molar refractivity (Wildman–Crippen MR) is 64.5 cm³/mol. The number of carbonyl (C=O) groups excluding carboxylic acids is 1. The van der Waals surface area contributed by atoms with Crippen molar-refractivity contribution in [2.75, 3.05) is 14.2 Å². The summed E-state index contributed by atoms with van der Waals surface area (Å²) in [6.45, 7) is 0.248. The van der Waals surface area contributed by atoms with Crippen molar-refractivity contribution in [2.45, 2.75) is 25.1 Å². The second-order valence-electron chi connectivity index (χ2n) is 4.33. The van der Waals surface area contributed by atoms with Crippen LogP contribution in [0.1, 0.15) is 18.4 Å². The number of ether oxygens (including phenoxy) is 2. The Morgan fingerprint density at radius 2 is 2.11 bits per heavy atom. The number of hydrogen-bond donors (Lipinski definition) is 1. The molecule has 1 aliphatic carbocycles. The SMILES string of the molecule is COc1ccc(CNC(=O)C2(F)CC2)c(OC)c1. The Hall–Kier alpha value is -1.78. The van der Waals surface area contributed by atoms with E-state index in [1.165, 1.54) is 7.11 Å². The number of benzene rings is 1. The number of alkyl halides is 1. The van der Waals surface area contributed by atoms with E-state index >= 15 is 0 Å². The van der Waals surface area contributed by atoms with E-state index in [2.05, 4.69) is 5.32 Å². The van der Waals surface area contributed by atoms with Crippen LogP contribution in [-0.2, 0) is 11.3 Å². The molecule has 0 atom stereocenters. The first kappa shape index (κ1) is 12.7. The van der Waals surface area contributed by atoms with Crippen LogP contribution in [0.4, 0.5) is 4.39 Å². The van der Waals surface area contributed by atoms with Gasteiger partial charge in [0.1, 0.15) is 11.5 Å². The molecule has 18 heavy (non-hydrogen) atoms. The van der Waals surface area contributed by atoms with Gasteiger partial charge in [0, 0.05) is 18.2 Å². The maximum absolute atomic E-state index is 13.4. The molecule has 0 unspecified atom stereocenters. The van der Waals surface area contributed by atoms with Gasteiger partial charge in [0.2, 0.25) is 0 Å². The van der Waals surface area contributed by atoms with Gasteiger partial charge < -0.3 is 14.8 Å². The molecule has 0 spiro atoms. The Morgan fingerprint density at radius 1 is 1.39 bits per heavy atom. The highest BCUT2D eigenvalue weighted by Crippen LogP contribution is 2.39. The number of halogens is 1. The summed E-state index contributed by atoms with van der Waals surface area (Å²) in [4.78, 5) is 11.5. The smallest absolute Gasteiger partial charge is 0.257 e. The number of rotatable bonds is 5. The maximum atomic E-state index is 13.4. The first-order valence-corrected chi connectivity index (χ1v) is 5.77. The molecule has 98 valence electrons.